The Balaban J connectivity index is 2.50. The SMILES string of the molecule is C[C@H]1CC(N)CC[C@@H]1C(=O)O. The molecule has 1 saturated carbocycles. The van der Waals surface area contributed by atoms with Crippen LogP contribution in [0.25, 0.3) is 0 Å². The van der Waals surface area contributed by atoms with E-state index in [1.165, 1.54) is 0 Å². The fourth-order valence-electron chi connectivity index (χ4n) is 1.80. The zero-order valence-electron chi connectivity index (χ0n) is 6.79. The van der Waals surface area contributed by atoms with Crippen molar-refractivity contribution in [2.24, 2.45) is 17.6 Å². The second kappa shape index (κ2) is 3.22. The molecule has 1 aliphatic rings. The van der Waals surface area contributed by atoms with E-state index >= 15 is 0 Å². The second-order valence-electron chi connectivity index (χ2n) is 3.50. The molecule has 1 unspecified atom stereocenters. The van der Waals surface area contributed by atoms with Crippen LogP contribution in [0.3, 0.4) is 0 Å². The molecule has 0 amide bonds. The van der Waals surface area contributed by atoms with Crippen LogP contribution in [-0.2, 0) is 4.79 Å². The van der Waals surface area contributed by atoms with Crippen molar-refractivity contribution in [3.05, 3.63) is 0 Å². The molecule has 0 saturated heterocycles. The van der Waals surface area contributed by atoms with Gasteiger partial charge in [-0.25, -0.2) is 0 Å². The predicted octanol–water partition coefficient (Wildman–Crippen LogP) is 0.834. The van der Waals surface area contributed by atoms with Crippen LogP contribution in [0, 0.1) is 11.8 Å². The molecule has 0 bridgehead atoms. The van der Waals surface area contributed by atoms with Gasteiger partial charge in [0.1, 0.15) is 0 Å². The molecule has 1 rings (SSSR count). The topological polar surface area (TPSA) is 63.3 Å². The minimum Gasteiger partial charge on any atom is -0.481 e. The Kier molecular flexibility index (Phi) is 2.49. The third-order valence-electron chi connectivity index (χ3n) is 2.53. The Hall–Kier alpha value is -0.570. The molecule has 3 N–H and O–H groups in total. The molecule has 0 heterocycles. The molecule has 0 aromatic rings. The Morgan fingerprint density at radius 1 is 1.55 bits per heavy atom. The highest BCUT2D eigenvalue weighted by atomic mass is 16.4. The maximum atomic E-state index is 10.6. The van der Waals surface area contributed by atoms with E-state index in [0.29, 0.717) is 0 Å². The summed E-state index contributed by atoms with van der Waals surface area (Å²) in [6.07, 6.45) is 2.47. The van der Waals surface area contributed by atoms with Crippen molar-refractivity contribution in [1.82, 2.24) is 0 Å². The minimum absolute atomic E-state index is 0.158. The van der Waals surface area contributed by atoms with E-state index in [1.807, 2.05) is 6.92 Å². The lowest BCUT2D eigenvalue weighted by Crippen LogP contribution is -2.35. The molecule has 0 aromatic heterocycles. The molecular formula is C8H15NO2. The number of carboxylic acid groups (broad SMARTS) is 1. The number of carboxylic acids is 1. The molecule has 3 atom stereocenters. The van der Waals surface area contributed by atoms with Gasteiger partial charge in [-0.15, -0.1) is 0 Å². The molecule has 3 heteroatoms. The summed E-state index contributed by atoms with van der Waals surface area (Å²) < 4.78 is 0. The van der Waals surface area contributed by atoms with Gasteiger partial charge in [0, 0.05) is 6.04 Å². The number of aliphatic carboxylic acids is 1. The molecular weight excluding hydrogens is 142 g/mol. The highest BCUT2D eigenvalue weighted by Gasteiger charge is 2.30. The number of nitrogens with two attached hydrogens (primary N) is 1. The summed E-state index contributed by atoms with van der Waals surface area (Å²) >= 11 is 0. The van der Waals surface area contributed by atoms with E-state index < -0.39 is 5.97 Å². The van der Waals surface area contributed by atoms with E-state index in [4.69, 9.17) is 10.8 Å². The van der Waals surface area contributed by atoms with Gasteiger partial charge in [0.2, 0.25) is 0 Å². The van der Waals surface area contributed by atoms with Crippen LogP contribution in [0.1, 0.15) is 26.2 Å². The lowest BCUT2D eigenvalue weighted by Gasteiger charge is -2.29. The van der Waals surface area contributed by atoms with Gasteiger partial charge >= 0.3 is 5.97 Å². The Bertz CT molecular complexity index is 158. The molecule has 0 spiro atoms. The molecule has 1 fully saturated rings. The summed E-state index contributed by atoms with van der Waals surface area (Å²) in [6.45, 7) is 1.97. The van der Waals surface area contributed by atoms with Gasteiger partial charge in [0.25, 0.3) is 0 Å². The third kappa shape index (κ3) is 1.93. The molecule has 11 heavy (non-hydrogen) atoms. The van der Waals surface area contributed by atoms with Crippen LogP contribution < -0.4 is 5.73 Å². The minimum atomic E-state index is -0.663. The highest BCUT2D eigenvalue weighted by Crippen LogP contribution is 2.28. The van der Waals surface area contributed by atoms with Crippen molar-refractivity contribution in [2.45, 2.75) is 32.2 Å². The number of rotatable bonds is 1. The van der Waals surface area contributed by atoms with Gasteiger partial charge in [0.05, 0.1) is 5.92 Å². The average molecular weight is 157 g/mol. The quantitative estimate of drug-likeness (QED) is 0.592. The van der Waals surface area contributed by atoms with Crippen molar-refractivity contribution < 1.29 is 9.90 Å². The predicted molar refractivity (Wildman–Crippen MR) is 42.1 cm³/mol. The highest BCUT2D eigenvalue weighted by molar-refractivity contribution is 5.70. The average Bonchev–Trinajstić information content (AvgIpc) is 1.85. The van der Waals surface area contributed by atoms with Crippen molar-refractivity contribution in [3.8, 4) is 0 Å². The van der Waals surface area contributed by atoms with Crippen LogP contribution in [0.4, 0.5) is 0 Å². The van der Waals surface area contributed by atoms with E-state index in [9.17, 15) is 4.79 Å². The van der Waals surface area contributed by atoms with Crippen LogP contribution in [0.15, 0.2) is 0 Å². The summed E-state index contributed by atoms with van der Waals surface area (Å²) in [5, 5.41) is 8.75. The Morgan fingerprint density at radius 3 is 2.64 bits per heavy atom. The summed E-state index contributed by atoms with van der Waals surface area (Å²) in [5.74, 6) is -0.574. The van der Waals surface area contributed by atoms with Crippen LogP contribution in [-0.4, -0.2) is 17.1 Å². The van der Waals surface area contributed by atoms with Gasteiger partial charge < -0.3 is 10.8 Å². The number of carbonyl (C=O) groups is 1. The maximum Gasteiger partial charge on any atom is 0.306 e. The summed E-state index contributed by atoms with van der Waals surface area (Å²) in [6, 6.07) is 0.223. The fraction of sp³-hybridized carbons (Fsp3) is 0.875. The van der Waals surface area contributed by atoms with Crippen molar-refractivity contribution in [1.29, 1.82) is 0 Å². The van der Waals surface area contributed by atoms with Crippen molar-refractivity contribution in [3.63, 3.8) is 0 Å². The molecule has 0 aromatic carbocycles. The zero-order chi connectivity index (χ0) is 8.43. The Morgan fingerprint density at radius 2 is 2.18 bits per heavy atom. The van der Waals surface area contributed by atoms with Crippen LogP contribution in [0.2, 0.25) is 0 Å². The van der Waals surface area contributed by atoms with E-state index in [2.05, 4.69) is 0 Å². The number of hydrogen-bond donors (Lipinski definition) is 2. The van der Waals surface area contributed by atoms with Gasteiger partial charge in [0.15, 0.2) is 0 Å². The van der Waals surface area contributed by atoms with E-state index in [0.717, 1.165) is 19.3 Å². The third-order valence-corrected chi connectivity index (χ3v) is 2.53. The van der Waals surface area contributed by atoms with Crippen LogP contribution >= 0.6 is 0 Å². The molecule has 0 aliphatic heterocycles. The largest absolute Gasteiger partial charge is 0.481 e. The van der Waals surface area contributed by atoms with Gasteiger partial charge in [-0.3, -0.25) is 4.79 Å². The zero-order valence-corrected chi connectivity index (χ0v) is 6.79. The van der Waals surface area contributed by atoms with Crippen molar-refractivity contribution in [2.75, 3.05) is 0 Å². The first kappa shape index (κ1) is 8.53. The van der Waals surface area contributed by atoms with Gasteiger partial charge in [-0.1, -0.05) is 6.92 Å². The van der Waals surface area contributed by atoms with Crippen molar-refractivity contribution >= 4 is 5.97 Å². The van der Waals surface area contributed by atoms with Gasteiger partial charge in [-0.05, 0) is 25.2 Å². The first-order valence-electron chi connectivity index (χ1n) is 4.09. The first-order chi connectivity index (χ1) is 5.11. The van der Waals surface area contributed by atoms with Crippen LogP contribution in [0.5, 0.6) is 0 Å². The molecule has 0 radical (unpaired) electrons. The van der Waals surface area contributed by atoms with E-state index in [1.54, 1.807) is 0 Å². The molecule has 64 valence electrons. The lowest BCUT2D eigenvalue weighted by atomic mass is 9.78. The normalized spacial score (nSPS) is 38.5. The smallest absolute Gasteiger partial charge is 0.306 e. The monoisotopic (exact) mass is 157 g/mol. The lowest BCUT2D eigenvalue weighted by molar-refractivity contribution is -0.144. The fourth-order valence-corrected chi connectivity index (χ4v) is 1.80. The second-order valence-corrected chi connectivity index (χ2v) is 3.50. The summed E-state index contributed by atoms with van der Waals surface area (Å²) in [5.41, 5.74) is 5.69. The maximum absolute atomic E-state index is 10.6. The van der Waals surface area contributed by atoms with E-state index in [-0.39, 0.29) is 17.9 Å². The standard InChI is InChI=1S/C8H15NO2/c1-5-4-6(9)2-3-7(5)8(10)11/h5-7H,2-4,9H2,1H3,(H,10,11)/t5-,6?,7-/m0/s1. The first-order valence-corrected chi connectivity index (χ1v) is 4.09. The summed E-state index contributed by atoms with van der Waals surface area (Å²) in [7, 11) is 0. The van der Waals surface area contributed by atoms with Gasteiger partial charge in [-0.2, -0.15) is 0 Å². The Labute approximate surface area is 66.6 Å². The molecule has 3 nitrogen and oxygen atoms in total. The number of hydrogen-bond acceptors (Lipinski definition) is 2. The molecule has 1 aliphatic carbocycles. The summed E-state index contributed by atoms with van der Waals surface area (Å²) in [4.78, 5) is 10.6.